The third-order valence-corrected chi connectivity index (χ3v) is 3.65. The van der Waals surface area contributed by atoms with Crippen molar-refractivity contribution in [3.05, 3.63) is 29.3 Å². The fourth-order valence-corrected chi connectivity index (χ4v) is 2.26. The Hall–Kier alpha value is -1.30. The average molecular weight is 288 g/mol. The van der Waals surface area contributed by atoms with E-state index in [0.717, 1.165) is 23.6 Å². The summed E-state index contributed by atoms with van der Waals surface area (Å²) >= 11 is 1.69. The maximum Gasteiger partial charge on any atom is 0.251 e. The lowest BCUT2D eigenvalue weighted by atomic mass is 10.1. The lowest BCUT2D eigenvalue weighted by Crippen LogP contribution is -2.34. The quantitative estimate of drug-likeness (QED) is 0.845. The number of benzene rings is 1. The molecular formula is C13H18F2N2OS. The first-order valence-corrected chi connectivity index (χ1v) is 7.20. The molecule has 0 bridgehead atoms. The predicted octanol–water partition coefficient (Wildman–Crippen LogP) is 2.88. The van der Waals surface area contributed by atoms with E-state index < -0.39 is 17.5 Å². The SMILES string of the molecule is CCSCC(C)NC(=O)c1cc(F)c(NC)c(F)c1. The Kier molecular flexibility index (Phi) is 6.08. The van der Waals surface area contributed by atoms with E-state index in [0.29, 0.717) is 0 Å². The van der Waals surface area contributed by atoms with Gasteiger partial charge in [0.25, 0.3) is 5.91 Å². The number of carbonyl (C=O) groups excluding carboxylic acids is 1. The minimum Gasteiger partial charge on any atom is -0.383 e. The summed E-state index contributed by atoms with van der Waals surface area (Å²) in [7, 11) is 1.42. The average Bonchev–Trinajstić information content (AvgIpc) is 2.35. The summed E-state index contributed by atoms with van der Waals surface area (Å²) in [6.07, 6.45) is 0. The van der Waals surface area contributed by atoms with Crippen molar-refractivity contribution in [3.63, 3.8) is 0 Å². The molecule has 1 amide bonds. The molecule has 0 aromatic heterocycles. The van der Waals surface area contributed by atoms with Gasteiger partial charge >= 0.3 is 0 Å². The summed E-state index contributed by atoms with van der Waals surface area (Å²) < 4.78 is 27.1. The molecule has 3 nitrogen and oxygen atoms in total. The van der Waals surface area contributed by atoms with Gasteiger partial charge in [0.2, 0.25) is 0 Å². The molecule has 0 radical (unpaired) electrons. The first kappa shape index (κ1) is 15.8. The van der Waals surface area contributed by atoms with Crippen LogP contribution in [0.2, 0.25) is 0 Å². The molecule has 1 aromatic carbocycles. The molecule has 0 saturated heterocycles. The number of amides is 1. The number of hydrogen-bond acceptors (Lipinski definition) is 3. The normalized spacial score (nSPS) is 12.1. The molecule has 0 aliphatic rings. The first-order chi connectivity index (χ1) is 8.99. The Bertz CT molecular complexity index is 431. The molecule has 0 spiro atoms. The van der Waals surface area contributed by atoms with Gasteiger partial charge in [0, 0.05) is 24.4 Å². The summed E-state index contributed by atoms with van der Waals surface area (Å²) in [5, 5.41) is 5.12. The van der Waals surface area contributed by atoms with Gasteiger partial charge in [0.1, 0.15) is 17.3 Å². The van der Waals surface area contributed by atoms with E-state index in [1.54, 1.807) is 11.8 Å². The van der Waals surface area contributed by atoms with E-state index in [2.05, 4.69) is 10.6 Å². The van der Waals surface area contributed by atoms with Crippen molar-refractivity contribution in [1.82, 2.24) is 5.32 Å². The maximum atomic E-state index is 13.5. The highest BCUT2D eigenvalue weighted by atomic mass is 32.2. The number of rotatable bonds is 6. The predicted molar refractivity (Wildman–Crippen MR) is 75.8 cm³/mol. The third-order valence-electron chi connectivity index (χ3n) is 2.50. The number of hydrogen-bond donors (Lipinski definition) is 2. The fourth-order valence-electron chi connectivity index (χ4n) is 1.59. The molecule has 106 valence electrons. The molecule has 19 heavy (non-hydrogen) atoms. The van der Waals surface area contributed by atoms with Gasteiger partial charge in [-0.1, -0.05) is 6.92 Å². The second-order valence-corrected chi connectivity index (χ2v) is 5.42. The van der Waals surface area contributed by atoms with E-state index >= 15 is 0 Å². The Morgan fingerprint density at radius 3 is 2.42 bits per heavy atom. The van der Waals surface area contributed by atoms with Gasteiger partial charge in [-0.15, -0.1) is 0 Å². The zero-order valence-corrected chi connectivity index (χ0v) is 12.0. The summed E-state index contributed by atoms with van der Waals surface area (Å²) in [5.41, 5.74) is -0.242. The molecular weight excluding hydrogens is 270 g/mol. The molecule has 0 fully saturated rings. The van der Waals surface area contributed by atoms with Crippen LogP contribution in [0, 0.1) is 11.6 Å². The van der Waals surface area contributed by atoms with Crippen LogP contribution in [0.25, 0.3) is 0 Å². The smallest absolute Gasteiger partial charge is 0.251 e. The Morgan fingerprint density at radius 2 is 1.95 bits per heavy atom. The van der Waals surface area contributed by atoms with Gasteiger partial charge in [0.15, 0.2) is 0 Å². The molecule has 1 unspecified atom stereocenters. The number of carbonyl (C=O) groups is 1. The van der Waals surface area contributed by atoms with Crippen LogP contribution in [0.4, 0.5) is 14.5 Å². The standard InChI is InChI=1S/C13H18F2N2OS/c1-4-19-7-8(2)17-13(18)9-5-10(14)12(16-3)11(15)6-9/h5-6,8,16H,4,7H2,1-3H3,(H,17,18). The minimum absolute atomic E-state index is 0.0117. The van der Waals surface area contributed by atoms with Crippen LogP contribution in [0.1, 0.15) is 24.2 Å². The number of halogens is 2. The highest BCUT2D eigenvalue weighted by Crippen LogP contribution is 2.20. The van der Waals surface area contributed by atoms with Crippen LogP contribution >= 0.6 is 11.8 Å². The Labute approximate surface area is 116 Å². The lowest BCUT2D eigenvalue weighted by Gasteiger charge is -2.14. The third kappa shape index (κ3) is 4.38. The van der Waals surface area contributed by atoms with E-state index in [9.17, 15) is 13.6 Å². The van der Waals surface area contributed by atoms with Crippen molar-refractivity contribution in [3.8, 4) is 0 Å². The molecule has 0 heterocycles. The fraction of sp³-hybridized carbons (Fsp3) is 0.462. The summed E-state index contributed by atoms with van der Waals surface area (Å²) in [6.45, 7) is 3.88. The minimum atomic E-state index is -0.775. The zero-order chi connectivity index (χ0) is 14.4. The van der Waals surface area contributed by atoms with E-state index in [-0.39, 0.29) is 17.3 Å². The van der Waals surface area contributed by atoms with Gasteiger partial charge in [-0.05, 0) is 24.8 Å². The number of anilines is 1. The van der Waals surface area contributed by atoms with Crippen molar-refractivity contribution in [1.29, 1.82) is 0 Å². The maximum absolute atomic E-state index is 13.5. The van der Waals surface area contributed by atoms with Gasteiger partial charge < -0.3 is 10.6 Å². The molecule has 0 aliphatic carbocycles. The molecule has 1 atom stereocenters. The second kappa shape index (κ2) is 7.33. The molecule has 1 rings (SSSR count). The van der Waals surface area contributed by atoms with Crippen molar-refractivity contribution in [2.75, 3.05) is 23.9 Å². The number of nitrogens with one attached hydrogen (secondary N) is 2. The number of thioether (sulfide) groups is 1. The molecule has 6 heteroatoms. The summed E-state index contributed by atoms with van der Waals surface area (Å²) in [5.74, 6) is -0.293. The zero-order valence-electron chi connectivity index (χ0n) is 11.2. The van der Waals surface area contributed by atoms with Crippen molar-refractivity contribution in [2.24, 2.45) is 0 Å². The molecule has 0 saturated carbocycles. The second-order valence-electron chi connectivity index (χ2n) is 4.10. The van der Waals surface area contributed by atoms with Gasteiger partial charge in [0.05, 0.1) is 0 Å². The Balaban J connectivity index is 2.78. The monoisotopic (exact) mass is 288 g/mol. The first-order valence-electron chi connectivity index (χ1n) is 6.05. The van der Waals surface area contributed by atoms with Gasteiger partial charge in [-0.3, -0.25) is 4.79 Å². The van der Waals surface area contributed by atoms with Crippen LogP contribution in [0.5, 0.6) is 0 Å². The van der Waals surface area contributed by atoms with Gasteiger partial charge in [-0.2, -0.15) is 11.8 Å². The van der Waals surface area contributed by atoms with Gasteiger partial charge in [-0.25, -0.2) is 8.78 Å². The van der Waals surface area contributed by atoms with E-state index in [1.807, 2.05) is 13.8 Å². The topological polar surface area (TPSA) is 41.1 Å². The Morgan fingerprint density at radius 1 is 1.37 bits per heavy atom. The van der Waals surface area contributed by atoms with Crippen LogP contribution < -0.4 is 10.6 Å². The van der Waals surface area contributed by atoms with Crippen molar-refractivity contribution in [2.45, 2.75) is 19.9 Å². The van der Waals surface area contributed by atoms with Crippen LogP contribution in [0.3, 0.4) is 0 Å². The van der Waals surface area contributed by atoms with Crippen LogP contribution in [-0.4, -0.2) is 30.5 Å². The summed E-state index contributed by atoms with van der Waals surface area (Å²) in [4.78, 5) is 11.8. The van der Waals surface area contributed by atoms with E-state index in [1.165, 1.54) is 7.05 Å². The van der Waals surface area contributed by atoms with Crippen LogP contribution in [0.15, 0.2) is 12.1 Å². The molecule has 1 aromatic rings. The van der Waals surface area contributed by atoms with Crippen molar-refractivity contribution >= 4 is 23.4 Å². The van der Waals surface area contributed by atoms with Crippen LogP contribution in [-0.2, 0) is 0 Å². The summed E-state index contributed by atoms with van der Waals surface area (Å²) in [6, 6.07) is 2.01. The highest BCUT2D eigenvalue weighted by Gasteiger charge is 2.15. The molecule has 0 aliphatic heterocycles. The lowest BCUT2D eigenvalue weighted by molar-refractivity contribution is 0.0943. The van der Waals surface area contributed by atoms with E-state index in [4.69, 9.17) is 0 Å². The van der Waals surface area contributed by atoms with Crippen molar-refractivity contribution < 1.29 is 13.6 Å². The highest BCUT2D eigenvalue weighted by molar-refractivity contribution is 7.99. The molecule has 2 N–H and O–H groups in total. The largest absolute Gasteiger partial charge is 0.383 e.